The molecule has 0 unspecified atom stereocenters. The summed E-state index contributed by atoms with van der Waals surface area (Å²) in [6.45, 7) is 18.4. The van der Waals surface area contributed by atoms with E-state index in [0.29, 0.717) is 57.3 Å². The first-order valence-electron chi connectivity index (χ1n) is 9.32. The highest BCUT2D eigenvalue weighted by atomic mass is 16.5. The van der Waals surface area contributed by atoms with E-state index in [1.165, 1.54) is 0 Å². The van der Waals surface area contributed by atoms with Crippen molar-refractivity contribution in [2.75, 3.05) is 59.4 Å². The predicted octanol–water partition coefficient (Wildman–Crippen LogP) is 2.97. The first-order chi connectivity index (χ1) is 11.3. The zero-order valence-corrected chi connectivity index (χ0v) is 16.8. The lowest BCUT2D eigenvalue weighted by Crippen LogP contribution is -2.43. The van der Waals surface area contributed by atoms with Gasteiger partial charge in [-0.1, -0.05) is 41.5 Å². The summed E-state index contributed by atoms with van der Waals surface area (Å²) < 4.78 is 23.6. The van der Waals surface area contributed by atoms with E-state index in [-0.39, 0.29) is 5.41 Å². The topological polar surface area (TPSA) is 62.9 Å². The molecule has 0 aromatic carbocycles. The second kappa shape index (κ2) is 14.0. The number of hydrogen-bond acceptors (Lipinski definition) is 5. The molecule has 0 atom stereocenters. The Morgan fingerprint density at radius 1 is 0.625 bits per heavy atom. The fourth-order valence-electron chi connectivity index (χ4n) is 2.16. The van der Waals surface area contributed by atoms with E-state index < -0.39 is 0 Å². The summed E-state index contributed by atoms with van der Waals surface area (Å²) in [5.74, 6) is 1.50. The van der Waals surface area contributed by atoms with E-state index in [1.54, 1.807) is 0 Å². The van der Waals surface area contributed by atoms with Crippen LogP contribution < -0.4 is 5.73 Å². The Hall–Kier alpha value is -0.200. The van der Waals surface area contributed by atoms with E-state index in [2.05, 4.69) is 41.5 Å². The first kappa shape index (κ1) is 23.8. The molecule has 0 radical (unpaired) electrons. The van der Waals surface area contributed by atoms with E-state index in [9.17, 15) is 0 Å². The van der Waals surface area contributed by atoms with Gasteiger partial charge in [0.15, 0.2) is 0 Å². The monoisotopic (exact) mass is 347 g/mol. The predicted molar refractivity (Wildman–Crippen MR) is 99.3 cm³/mol. The molecule has 0 aliphatic carbocycles. The molecule has 0 bridgehead atoms. The molecule has 0 rings (SSSR count). The van der Waals surface area contributed by atoms with Crippen LogP contribution in [0.15, 0.2) is 0 Å². The fraction of sp³-hybridized carbons (Fsp3) is 1.00. The Labute approximate surface area is 149 Å². The van der Waals surface area contributed by atoms with Crippen molar-refractivity contribution in [3.8, 4) is 0 Å². The number of rotatable bonds is 16. The molecule has 0 aliphatic heterocycles. The molecule has 5 nitrogen and oxygen atoms in total. The van der Waals surface area contributed by atoms with Crippen LogP contribution in [-0.2, 0) is 18.9 Å². The highest BCUT2D eigenvalue weighted by Crippen LogP contribution is 2.22. The average Bonchev–Trinajstić information content (AvgIpc) is 2.46. The number of ether oxygens (including phenoxy) is 4. The highest BCUT2D eigenvalue weighted by molar-refractivity contribution is 4.80. The van der Waals surface area contributed by atoms with Crippen LogP contribution in [0.2, 0.25) is 0 Å². The minimum atomic E-state index is -0.284. The maximum absolute atomic E-state index is 5.94. The fourth-order valence-corrected chi connectivity index (χ4v) is 2.16. The molecule has 2 N–H and O–H groups in total. The van der Waals surface area contributed by atoms with Crippen LogP contribution in [-0.4, -0.2) is 59.4 Å². The molecule has 5 heteroatoms. The lowest BCUT2D eigenvalue weighted by Gasteiger charge is -2.33. The summed E-state index contributed by atoms with van der Waals surface area (Å²) in [4.78, 5) is 0. The molecule has 0 saturated heterocycles. The van der Waals surface area contributed by atoms with Gasteiger partial charge in [0, 0.05) is 26.4 Å². The molecule has 0 spiro atoms. The van der Waals surface area contributed by atoms with Gasteiger partial charge in [-0.3, -0.25) is 0 Å². The summed E-state index contributed by atoms with van der Waals surface area (Å²) in [5.41, 5.74) is 5.27. The van der Waals surface area contributed by atoms with Gasteiger partial charge in [-0.05, 0) is 17.8 Å². The van der Waals surface area contributed by atoms with Crippen molar-refractivity contribution in [3.05, 3.63) is 0 Å². The molecule has 0 amide bonds. The van der Waals surface area contributed by atoms with Crippen LogP contribution in [0, 0.1) is 23.2 Å². The van der Waals surface area contributed by atoms with Crippen LogP contribution in [0.25, 0.3) is 0 Å². The standard InChI is InChI=1S/C19H41NO4/c1-16(2)9-22-13-19(12-21-8-7-20,14-23-10-17(3)4)15-24-11-18(5)6/h16-18H,7-15,20H2,1-6H3. The minimum absolute atomic E-state index is 0.284. The van der Waals surface area contributed by atoms with Crippen molar-refractivity contribution in [1.82, 2.24) is 0 Å². The maximum Gasteiger partial charge on any atom is 0.0637 e. The zero-order chi connectivity index (χ0) is 18.4. The quantitative estimate of drug-likeness (QED) is 0.435. The lowest BCUT2D eigenvalue weighted by molar-refractivity contribution is -0.113. The van der Waals surface area contributed by atoms with Crippen molar-refractivity contribution < 1.29 is 18.9 Å². The largest absolute Gasteiger partial charge is 0.380 e. The molecule has 0 heterocycles. The molecule has 146 valence electrons. The highest BCUT2D eigenvalue weighted by Gasteiger charge is 2.32. The van der Waals surface area contributed by atoms with Crippen LogP contribution in [0.5, 0.6) is 0 Å². The first-order valence-corrected chi connectivity index (χ1v) is 9.32. The third-order valence-electron chi connectivity index (χ3n) is 3.25. The number of nitrogens with two attached hydrogens (primary N) is 1. The average molecular weight is 348 g/mol. The third-order valence-corrected chi connectivity index (χ3v) is 3.25. The van der Waals surface area contributed by atoms with Crippen molar-refractivity contribution in [3.63, 3.8) is 0 Å². The van der Waals surface area contributed by atoms with Gasteiger partial charge in [0.05, 0.1) is 38.4 Å². The second-order valence-corrected chi connectivity index (χ2v) is 8.07. The van der Waals surface area contributed by atoms with Crippen LogP contribution in [0.1, 0.15) is 41.5 Å². The Morgan fingerprint density at radius 3 is 1.25 bits per heavy atom. The van der Waals surface area contributed by atoms with Crippen molar-refractivity contribution in [2.24, 2.45) is 28.9 Å². The molecule has 0 aliphatic rings. The van der Waals surface area contributed by atoms with E-state index in [4.69, 9.17) is 24.7 Å². The SMILES string of the molecule is CC(C)COCC(COCCN)(COCC(C)C)COCC(C)C. The summed E-state index contributed by atoms with van der Waals surface area (Å²) in [5, 5.41) is 0. The summed E-state index contributed by atoms with van der Waals surface area (Å²) >= 11 is 0. The van der Waals surface area contributed by atoms with Crippen molar-refractivity contribution in [2.45, 2.75) is 41.5 Å². The van der Waals surface area contributed by atoms with Crippen LogP contribution in [0.3, 0.4) is 0 Å². The van der Waals surface area contributed by atoms with Crippen LogP contribution in [0.4, 0.5) is 0 Å². The van der Waals surface area contributed by atoms with Gasteiger partial charge in [-0.15, -0.1) is 0 Å². The van der Waals surface area contributed by atoms with E-state index >= 15 is 0 Å². The molecule has 0 saturated carbocycles. The van der Waals surface area contributed by atoms with Crippen LogP contribution >= 0.6 is 0 Å². The van der Waals surface area contributed by atoms with Crippen molar-refractivity contribution >= 4 is 0 Å². The smallest absolute Gasteiger partial charge is 0.0637 e. The normalized spacial score (nSPS) is 12.8. The Bertz CT molecular complexity index is 247. The minimum Gasteiger partial charge on any atom is -0.380 e. The van der Waals surface area contributed by atoms with Crippen molar-refractivity contribution in [1.29, 1.82) is 0 Å². The van der Waals surface area contributed by atoms with Gasteiger partial charge in [0.1, 0.15) is 0 Å². The van der Waals surface area contributed by atoms with Gasteiger partial charge in [0.2, 0.25) is 0 Å². The molecule has 0 fully saturated rings. The molecule has 0 aromatic rings. The van der Waals surface area contributed by atoms with Gasteiger partial charge in [-0.25, -0.2) is 0 Å². The number of hydrogen-bond donors (Lipinski definition) is 1. The second-order valence-electron chi connectivity index (χ2n) is 8.07. The third kappa shape index (κ3) is 13.1. The zero-order valence-electron chi connectivity index (χ0n) is 16.8. The van der Waals surface area contributed by atoms with Gasteiger partial charge >= 0.3 is 0 Å². The Morgan fingerprint density at radius 2 is 0.958 bits per heavy atom. The van der Waals surface area contributed by atoms with E-state index in [0.717, 1.165) is 19.8 Å². The lowest BCUT2D eigenvalue weighted by atomic mass is 9.92. The molecular formula is C19H41NO4. The summed E-state index contributed by atoms with van der Waals surface area (Å²) in [7, 11) is 0. The van der Waals surface area contributed by atoms with E-state index in [1.807, 2.05) is 0 Å². The molecule has 0 aromatic heterocycles. The van der Waals surface area contributed by atoms with Gasteiger partial charge in [0.25, 0.3) is 0 Å². The molecule has 24 heavy (non-hydrogen) atoms. The Kier molecular flexibility index (Phi) is 13.9. The summed E-state index contributed by atoms with van der Waals surface area (Å²) in [6, 6.07) is 0. The van der Waals surface area contributed by atoms with Gasteiger partial charge < -0.3 is 24.7 Å². The Balaban J connectivity index is 4.77. The summed E-state index contributed by atoms with van der Waals surface area (Å²) in [6.07, 6.45) is 0. The maximum atomic E-state index is 5.94. The molecular weight excluding hydrogens is 306 g/mol. The van der Waals surface area contributed by atoms with Gasteiger partial charge in [-0.2, -0.15) is 0 Å².